The number of pyridine rings is 1. The molecule has 0 unspecified atom stereocenters. The quantitative estimate of drug-likeness (QED) is 0.479. The molecule has 8 heteroatoms. The number of rotatable bonds is 6. The van der Waals surface area contributed by atoms with Gasteiger partial charge in [0, 0.05) is 17.4 Å². The summed E-state index contributed by atoms with van der Waals surface area (Å²) in [4.78, 5) is 15.8. The SMILES string of the molecule is Cc1cccc(C)c1Nc1c(-c2cc(F)ccc2OCC(N)=O)nc2ccc(F)cn12. The highest BCUT2D eigenvalue weighted by Crippen LogP contribution is 2.38. The fourth-order valence-electron chi connectivity index (χ4n) is 3.42. The fourth-order valence-corrected chi connectivity index (χ4v) is 3.42. The van der Waals surface area contributed by atoms with E-state index in [1.807, 2.05) is 32.0 Å². The Hall–Kier alpha value is -3.94. The van der Waals surface area contributed by atoms with Gasteiger partial charge in [0.2, 0.25) is 0 Å². The van der Waals surface area contributed by atoms with Crippen molar-refractivity contribution in [1.29, 1.82) is 0 Å². The van der Waals surface area contributed by atoms with Gasteiger partial charge >= 0.3 is 0 Å². The maximum atomic E-state index is 14.2. The number of hydrogen-bond acceptors (Lipinski definition) is 4. The van der Waals surface area contributed by atoms with Gasteiger partial charge in [0.05, 0.1) is 0 Å². The molecule has 0 atom stereocenters. The van der Waals surface area contributed by atoms with Crippen LogP contribution in [0.4, 0.5) is 20.3 Å². The number of anilines is 2. The number of carbonyl (C=O) groups excluding carboxylic acids is 1. The molecule has 0 bridgehead atoms. The Morgan fingerprint density at radius 3 is 2.52 bits per heavy atom. The lowest BCUT2D eigenvalue weighted by Crippen LogP contribution is -2.20. The van der Waals surface area contributed by atoms with Crippen LogP contribution in [0.1, 0.15) is 11.1 Å². The normalized spacial score (nSPS) is 11.0. The molecule has 6 nitrogen and oxygen atoms in total. The molecule has 2 heterocycles. The van der Waals surface area contributed by atoms with Crippen molar-refractivity contribution in [2.45, 2.75) is 13.8 Å². The third kappa shape index (κ3) is 4.05. The van der Waals surface area contributed by atoms with Crippen LogP contribution in [0.25, 0.3) is 16.9 Å². The van der Waals surface area contributed by atoms with Crippen LogP contribution < -0.4 is 15.8 Å². The van der Waals surface area contributed by atoms with Gasteiger partial charge in [-0.05, 0) is 55.3 Å². The van der Waals surface area contributed by atoms with Crippen molar-refractivity contribution < 1.29 is 18.3 Å². The number of ether oxygens (including phenoxy) is 1. The number of halogens is 2. The van der Waals surface area contributed by atoms with E-state index in [2.05, 4.69) is 10.3 Å². The molecule has 0 radical (unpaired) electrons. The molecule has 158 valence electrons. The number of aromatic nitrogens is 2. The lowest BCUT2D eigenvalue weighted by molar-refractivity contribution is -0.119. The van der Waals surface area contributed by atoms with Gasteiger partial charge < -0.3 is 15.8 Å². The van der Waals surface area contributed by atoms with Crippen LogP contribution >= 0.6 is 0 Å². The molecular formula is C23H20F2N4O2. The minimum absolute atomic E-state index is 0.230. The fraction of sp³-hybridized carbons (Fsp3) is 0.130. The van der Waals surface area contributed by atoms with Crippen LogP contribution in [0.15, 0.2) is 54.7 Å². The Balaban J connectivity index is 1.94. The molecular weight excluding hydrogens is 402 g/mol. The highest BCUT2D eigenvalue weighted by Gasteiger charge is 2.20. The van der Waals surface area contributed by atoms with E-state index in [1.54, 1.807) is 4.40 Å². The van der Waals surface area contributed by atoms with Gasteiger partial charge in [0.1, 0.15) is 34.5 Å². The van der Waals surface area contributed by atoms with Crippen LogP contribution in [0.3, 0.4) is 0 Å². The van der Waals surface area contributed by atoms with E-state index in [9.17, 15) is 13.6 Å². The Bertz CT molecular complexity index is 1280. The molecule has 2 aromatic carbocycles. The van der Waals surface area contributed by atoms with Crippen LogP contribution in [0, 0.1) is 25.5 Å². The van der Waals surface area contributed by atoms with Crippen molar-refractivity contribution in [2.75, 3.05) is 11.9 Å². The van der Waals surface area contributed by atoms with Crippen LogP contribution in [-0.2, 0) is 4.79 Å². The number of nitrogens with zero attached hydrogens (tertiary/aromatic N) is 2. The molecule has 0 aliphatic rings. The third-order valence-electron chi connectivity index (χ3n) is 4.87. The van der Waals surface area contributed by atoms with E-state index in [1.165, 1.54) is 36.5 Å². The van der Waals surface area contributed by atoms with Gasteiger partial charge in [-0.3, -0.25) is 9.20 Å². The Morgan fingerprint density at radius 2 is 1.81 bits per heavy atom. The van der Waals surface area contributed by atoms with E-state index in [0.29, 0.717) is 22.7 Å². The van der Waals surface area contributed by atoms with E-state index in [-0.39, 0.29) is 12.4 Å². The standard InChI is InChI=1S/C23H20F2N4O2/c1-13-4-3-5-14(2)21(13)28-23-22(27-20-9-7-16(25)11-29(20)23)17-10-15(24)6-8-18(17)31-12-19(26)30/h3-11,28H,12H2,1-2H3,(H2,26,30). The largest absolute Gasteiger partial charge is 0.483 e. The second-order valence-electron chi connectivity index (χ2n) is 7.17. The molecule has 0 aliphatic carbocycles. The number of aryl methyl sites for hydroxylation is 2. The summed E-state index contributed by atoms with van der Waals surface area (Å²) in [7, 11) is 0. The molecule has 0 saturated carbocycles. The number of para-hydroxylation sites is 1. The molecule has 2 aromatic heterocycles. The number of benzene rings is 2. The Kier molecular flexibility index (Phi) is 5.29. The van der Waals surface area contributed by atoms with Gasteiger partial charge in [0.25, 0.3) is 5.91 Å². The highest BCUT2D eigenvalue weighted by molar-refractivity contribution is 5.84. The summed E-state index contributed by atoms with van der Waals surface area (Å²) in [6.45, 7) is 3.52. The van der Waals surface area contributed by atoms with Gasteiger partial charge in [-0.25, -0.2) is 13.8 Å². The lowest BCUT2D eigenvalue weighted by Gasteiger charge is -2.15. The number of nitrogens with two attached hydrogens (primary N) is 1. The first kappa shape index (κ1) is 20.3. The topological polar surface area (TPSA) is 81.6 Å². The monoisotopic (exact) mass is 422 g/mol. The minimum atomic E-state index is -0.666. The maximum absolute atomic E-state index is 14.2. The molecule has 0 saturated heterocycles. The second kappa shape index (κ2) is 8.06. The summed E-state index contributed by atoms with van der Waals surface area (Å²) in [6.07, 6.45) is 1.30. The van der Waals surface area contributed by atoms with Gasteiger partial charge in [-0.15, -0.1) is 0 Å². The number of primary amides is 1. The van der Waals surface area contributed by atoms with Crippen molar-refractivity contribution in [3.63, 3.8) is 0 Å². The average molecular weight is 422 g/mol. The number of nitrogens with one attached hydrogen (secondary N) is 1. The van der Waals surface area contributed by atoms with Crippen LogP contribution in [0.2, 0.25) is 0 Å². The molecule has 3 N–H and O–H groups in total. The van der Waals surface area contributed by atoms with Crippen molar-refractivity contribution in [3.8, 4) is 17.0 Å². The summed E-state index contributed by atoms with van der Waals surface area (Å²) >= 11 is 0. The average Bonchev–Trinajstić information content (AvgIpc) is 3.07. The summed E-state index contributed by atoms with van der Waals surface area (Å²) < 4.78 is 35.3. The van der Waals surface area contributed by atoms with Gasteiger partial charge in [-0.2, -0.15) is 0 Å². The molecule has 4 aromatic rings. The van der Waals surface area contributed by atoms with Gasteiger partial charge in [0.15, 0.2) is 6.61 Å². The second-order valence-corrected chi connectivity index (χ2v) is 7.17. The van der Waals surface area contributed by atoms with E-state index in [4.69, 9.17) is 10.5 Å². The molecule has 31 heavy (non-hydrogen) atoms. The first-order valence-corrected chi connectivity index (χ1v) is 9.55. The minimum Gasteiger partial charge on any atom is -0.483 e. The summed E-state index contributed by atoms with van der Waals surface area (Å²) in [5.41, 5.74) is 9.06. The molecule has 0 spiro atoms. The summed E-state index contributed by atoms with van der Waals surface area (Å²) in [5.74, 6) is -0.968. The maximum Gasteiger partial charge on any atom is 0.255 e. The number of hydrogen-bond donors (Lipinski definition) is 2. The molecule has 0 fully saturated rings. The third-order valence-corrected chi connectivity index (χ3v) is 4.87. The first-order chi connectivity index (χ1) is 14.8. The van der Waals surface area contributed by atoms with Crippen LogP contribution in [-0.4, -0.2) is 21.9 Å². The predicted molar refractivity (Wildman–Crippen MR) is 114 cm³/mol. The van der Waals surface area contributed by atoms with Crippen molar-refractivity contribution in [1.82, 2.24) is 9.38 Å². The number of fused-ring (bicyclic) bond motifs is 1. The van der Waals surface area contributed by atoms with Crippen molar-refractivity contribution in [2.24, 2.45) is 5.73 Å². The molecule has 1 amide bonds. The zero-order valence-electron chi connectivity index (χ0n) is 16.9. The zero-order chi connectivity index (χ0) is 22.1. The predicted octanol–water partition coefficient (Wildman–Crippen LogP) is 4.50. The molecule has 0 aliphatic heterocycles. The summed E-state index contributed by atoms with van der Waals surface area (Å²) in [6, 6.07) is 12.5. The zero-order valence-corrected chi connectivity index (χ0v) is 16.9. The van der Waals surface area contributed by atoms with Crippen LogP contribution in [0.5, 0.6) is 5.75 Å². The lowest BCUT2D eigenvalue weighted by atomic mass is 10.1. The molecule has 4 rings (SSSR count). The van der Waals surface area contributed by atoms with Gasteiger partial charge in [-0.1, -0.05) is 18.2 Å². The van der Waals surface area contributed by atoms with Crippen molar-refractivity contribution >= 4 is 23.1 Å². The Labute approximate surface area is 177 Å². The first-order valence-electron chi connectivity index (χ1n) is 9.55. The highest BCUT2D eigenvalue weighted by atomic mass is 19.1. The Morgan fingerprint density at radius 1 is 1.10 bits per heavy atom. The number of imidazole rings is 1. The van der Waals surface area contributed by atoms with E-state index >= 15 is 0 Å². The summed E-state index contributed by atoms with van der Waals surface area (Å²) in [5, 5.41) is 3.33. The number of amides is 1. The van der Waals surface area contributed by atoms with E-state index < -0.39 is 17.5 Å². The van der Waals surface area contributed by atoms with E-state index in [0.717, 1.165) is 16.8 Å². The number of carbonyl (C=O) groups is 1. The smallest absolute Gasteiger partial charge is 0.255 e. The van der Waals surface area contributed by atoms with Crippen molar-refractivity contribution in [3.05, 3.63) is 77.5 Å².